The molecule has 0 aliphatic heterocycles. The van der Waals surface area contributed by atoms with Gasteiger partial charge >= 0.3 is 72.3 Å². The molecule has 5 heteroatoms. The predicted molar refractivity (Wildman–Crippen MR) is 14.1 cm³/mol. The SMILES string of the molecule is [Ba+2].[OH-].[O]=[Al][O-]. The Morgan fingerprint density at radius 1 is 1.60 bits per heavy atom. The standard InChI is InChI=1S/Al.Ba.H2O.2O/h;;1H2;;/q;+2;;;-1/p-1. The Bertz CT molecular complexity index is 14.4. The zero-order valence-electron chi connectivity index (χ0n) is 2.55. The average Bonchev–Trinajstić information content (AvgIpc) is 0.918. The molecule has 0 rings (SSSR count). The monoisotopic (exact) mass is 214 g/mol. The van der Waals surface area contributed by atoms with Crippen LogP contribution in [0, 0.1) is 0 Å². The Hall–Kier alpha value is 1.66. The van der Waals surface area contributed by atoms with Gasteiger partial charge in [0.15, 0.2) is 0 Å². The molecule has 0 bridgehead atoms. The number of rotatable bonds is 0. The van der Waals surface area contributed by atoms with E-state index in [1.807, 2.05) is 0 Å². The fraction of sp³-hybridized carbons (Fsp3) is 0. The molecule has 3 nitrogen and oxygen atoms in total. The Kier molecular flexibility index (Phi) is 55.3. The molecule has 0 aromatic carbocycles. The van der Waals surface area contributed by atoms with Gasteiger partial charge in [0.2, 0.25) is 0 Å². The van der Waals surface area contributed by atoms with Gasteiger partial charge in [-0.2, -0.15) is 0 Å². The zero-order chi connectivity index (χ0) is 2.71. The van der Waals surface area contributed by atoms with Crippen molar-refractivity contribution in [1.29, 1.82) is 0 Å². The van der Waals surface area contributed by atoms with Gasteiger partial charge in [-0.1, -0.05) is 0 Å². The van der Waals surface area contributed by atoms with Crippen molar-refractivity contribution in [2.75, 3.05) is 0 Å². The van der Waals surface area contributed by atoms with Crippen molar-refractivity contribution in [2.45, 2.75) is 0 Å². The second-order valence-electron chi connectivity index (χ2n) is 0.0962. The molecule has 0 heterocycles. The van der Waals surface area contributed by atoms with Crippen LogP contribution in [0.2, 0.25) is 0 Å². The summed E-state index contributed by atoms with van der Waals surface area (Å²) in [6, 6.07) is 0. The first-order chi connectivity index (χ1) is 1.41. The minimum atomic E-state index is -1.75. The van der Waals surface area contributed by atoms with E-state index in [1.165, 1.54) is 0 Å². The van der Waals surface area contributed by atoms with Crippen molar-refractivity contribution >= 4 is 64.4 Å². The van der Waals surface area contributed by atoms with E-state index >= 15 is 0 Å². The maximum atomic E-state index is 8.46. The van der Waals surface area contributed by atoms with Gasteiger partial charge in [0, 0.05) is 0 Å². The summed E-state index contributed by atoms with van der Waals surface area (Å²) < 4.78 is 16.9. The Morgan fingerprint density at radius 2 is 1.60 bits per heavy atom. The molecule has 0 spiro atoms. The summed E-state index contributed by atoms with van der Waals surface area (Å²) >= 11 is -1.75. The Balaban J connectivity index is -0.0000000200. The minimum absolute atomic E-state index is 0. The van der Waals surface area contributed by atoms with Crippen molar-refractivity contribution in [3.05, 3.63) is 0 Å². The number of hydrogen-bond donors (Lipinski definition) is 0. The molecule has 0 aliphatic rings. The van der Waals surface area contributed by atoms with E-state index in [4.69, 9.17) is 7.96 Å². The van der Waals surface area contributed by atoms with Crippen LogP contribution in [-0.4, -0.2) is 69.8 Å². The summed E-state index contributed by atoms with van der Waals surface area (Å²) in [5, 5.41) is 0. The van der Waals surface area contributed by atoms with Crippen LogP contribution in [-0.2, 0) is 3.80 Å². The Labute approximate surface area is 76.4 Å². The fourth-order valence-electron chi connectivity index (χ4n) is 0. The molecule has 0 aliphatic carbocycles. The molecule has 0 amide bonds. The van der Waals surface area contributed by atoms with Crippen molar-refractivity contribution in [2.24, 2.45) is 0 Å². The molecule has 0 aromatic heterocycles. The summed E-state index contributed by atoms with van der Waals surface area (Å²) in [6.45, 7) is 0. The molecular weight excluding hydrogens is 212 g/mol. The first kappa shape index (κ1) is 15.9. The van der Waals surface area contributed by atoms with E-state index in [9.17, 15) is 0 Å². The summed E-state index contributed by atoms with van der Waals surface area (Å²) in [5.74, 6) is 0. The molecule has 0 atom stereocenters. The summed E-state index contributed by atoms with van der Waals surface area (Å²) in [5.41, 5.74) is 0. The van der Waals surface area contributed by atoms with Crippen LogP contribution in [0.4, 0.5) is 0 Å². The van der Waals surface area contributed by atoms with Crippen LogP contribution in [0.25, 0.3) is 0 Å². The van der Waals surface area contributed by atoms with Crippen molar-refractivity contribution < 1.29 is 13.4 Å². The van der Waals surface area contributed by atoms with Crippen molar-refractivity contribution in [1.82, 2.24) is 0 Å². The van der Waals surface area contributed by atoms with E-state index in [1.54, 1.807) is 0 Å². The van der Waals surface area contributed by atoms with E-state index in [0.29, 0.717) is 0 Å². The zero-order valence-corrected chi connectivity index (χ0v) is 8.14. The Morgan fingerprint density at radius 3 is 1.60 bits per heavy atom. The van der Waals surface area contributed by atoms with Crippen LogP contribution in [0.15, 0.2) is 0 Å². The van der Waals surface area contributed by atoms with Crippen molar-refractivity contribution in [3.63, 3.8) is 0 Å². The van der Waals surface area contributed by atoms with Crippen LogP contribution >= 0.6 is 0 Å². The van der Waals surface area contributed by atoms with Gasteiger partial charge in [-0.15, -0.1) is 0 Å². The van der Waals surface area contributed by atoms with Crippen LogP contribution < -0.4 is 4.16 Å². The van der Waals surface area contributed by atoms with Gasteiger partial charge in [0.05, 0.1) is 0 Å². The van der Waals surface area contributed by atoms with Gasteiger partial charge in [-0.25, -0.2) is 0 Å². The average molecular weight is 213 g/mol. The molecule has 5 heavy (non-hydrogen) atoms. The van der Waals surface area contributed by atoms with E-state index in [-0.39, 0.29) is 54.4 Å². The third kappa shape index (κ3) is 27.5. The molecule has 0 saturated carbocycles. The van der Waals surface area contributed by atoms with Gasteiger partial charge in [-0.05, 0) is 0 Å². The maximum absolute atomic E-state index is 8.46. The van der Waals surface area contributed by atoms with E-state index < -0.39 is 15.5 Å². The molecule has 0 unspecified atom stereocenters. The summed E-state index contributed by atoms with van der Waals surface area (Å²) in [4.78, 5) is 0. The molecule has 0 aromatic rings. The van der Waals surface area contributed by atoms with Crippen molar-refractivity contribution in [3.8, 4) is 0 Å². The molecule has 0 saturated heterocycles. The first-order valence-corrected chi connectivity index (χ1v) is 1.41. The first-order valence-electron chi connectivity index (χ1n) is 0.471. The molecule has 24 valence electrons. The fourth-order valence-corrected chi connectivity index (χ4v) is 0. The summed E-state index contributed by atoms with van der Waals surface area (Å²) in [7, 11) is 0. The molecule has 0 fully saturated rings. The van der Waals surface area contributed by atoms with Crippen LogP contribution in [0.1, 0.15) is 0 Å². The second kappa shape index (κ2) is 17.4. The quantitative estimate of drug-likeness (QED) is 0.427. The van der Waals surface area contributed by atoms with Crippen LogP contribution in [0.5, 0.6) is 0 Å². The van der Waals surface area contributed by atoms with Gasteiger partial charge in [-0.3, -0.25) is 0 Å². The molecule has 0 radical (unpaired) electrons. The van der Waals surface area contributed by atoms with E-state index in [2.05, 4.69) is 0 Å². The second-order valence-corrected chi connectivity index (χ2v) is 0.289. The van der Waals surface area contributed by atoms with Gasteiger partial charge in [0.25, 0.3) is 0 Å². The third-order valence-corrected chi connectivity index (χ3v) is 0. The topological polar surface area (TPSA) is 70.1 Å². The molecular formula is HAlBaO3. The van der Waals surface area contributed by atoms with Gasteiger partial charge < -0.3 is 5.48 Å². The molecule has 1 N–H and O–H groups in total. The third-order valence-electron chi connectivity index (χ3n) is 0. The number of hydrogen-bond acceptors (Lipinski definition) is 3. The summed E-state index contributed by atoms with van der Waals surface area (Å²) in [6.07, 6.45) is 0. The van der Waals surface area contributed by atoms with Gasteiger partial charge in [0.1, 0.15) is 0 Å². The van der Waals surface area contributed by atoms with E-state index in [0.717, 1.165) is 0 Å². The van der Waals surface area contributed by atoms with Crippen LogP contribution in [0.3, 0.4) is 0 Å². The normalized spacial score (nSPS) is 1.60. The predicted octanol–water partition coefficient (Wildman–Crippen LogP) is -2.25.